The van der Waals surface area contributed by atoms with Crippen LogP contribution in [0.5, 0.6) is 0 Å². The van der Waals surface area contributed by atoms with E-state index < -0.39 is 6.10 Å². The molecule has 138 valence electrons. The molecule has 1 aliphatic heterocycles. The van der Waals surface area contributed by atoms with Gasteiger partial charge in [0.15, 0.2) is 0 Å². The number of aromatic nitrogens is 1. The van der Waals surface area contributed by atoms with Gasteiger partial charge in [-0.25, -0.2) is 0 Å². The van der Waals surface area contributed by atoms with Crippen molar-refractivity contribution in [1.82, 2.24) is 9.88 Å². The Morgan fingerprint density at radius 2 is 2.04 bits per heavy atom. The second-order valence-electron chi connectivity index (χ2n) is 6.58. The van der Waals surface area contributed by atoms with Crippen molar-refractivity contribution in [2.24, 2.45) is 0 Å². The Labute approximate surface area is 172 Å². The van der Waals surface area contributed by atoms with Gasteiger partial charge in [-0.3, -0.25) is 4.98 Å². The summed E-state index contributed by atoms with van der Waals surface area (Å²) in [6.07, 6.45) is 2.66. The van der Waals surface area contributed by atoms with Crippen LogP contribution < -0.4 is 0 Å². The standard InChI is InChI=1S/C21H18Cl2N2OS/c1-25-12-16(17-7-8-18(23)27-17)19(21(26)14-5-3-9-24-11-14)20(25)13-4-2-6-15(22)10-13/h2-11,16,21,26H,12H2,1H3. The van der Waals surface area contributed by atoms with E-state index in [0.717, 1.165) is 38.2 Å². The number of likely N-dealkylation sites (N-methyl/N-ethyl adjacent to an activating group) is 1. The molecule has 0 fully saturated rings. The molecule has 0 amide bonds. The minimum Gasteiger partial charge on any atom is -0.384 e. The predicted molar refractivity (Wildman–Crippen MR) is 112 cm³/mol. The van der Waals surface area contributed by atoms with Crippen LogP contribution in [0.1, 0.15) is 28.0 Å². The molecule has 1 aromatic carbocycles. The van der Waals surface area contributed by atoms with Crippen LogP contribution >= 0.6 is 34.5 Å². The minimum absolute atomic E-state index is 0.0525. The third-order valence-electron chi connectivity index (χ3n) is 4.82. The van der Waals surface area contributed by atoms with E-state index in [1.54, 1.807) is 23.7 Å². The number of hydrogen-bond acceptors (Lipinski definition) is 4. The lowest BCUT2D eigenvalue weighted by Crippen LogP contribution is -2.15. The van der Waals surface area contributed by atoms with E-state index in [9.17, 15) is 5.11 Å². The fourth-order valence-corrected chi connectivity index (χ4v) is 5.03. The zero-order valence-electron chi connectivity index (χ0n) is 14.6. The van der Waals surface area contributed by atoms with Crippen molar-refractivity contribution >= 4 is 40.2 Å². The molecule has 1 aliphatic rings. The van der Waals surface area contributed by atoms with Gasteiger partial charge in [-0.05, 0) is 41.5 Å². The number of hydrogen-bond donors (Lipinski definition) is 1. The number of aliphatic hydroxyl groups excluding tert-OH is 1. The normalized spacial score (nSPS) is 18.2. The van der Waals surface area contributed by atoms with Gasteiger partial charge in [-0.1, -0.05) is 41.4 Å². The first-order valence-corrected chi connectivity index (χ1v) is 10.2. The summed E-state index contributed by atoms with van der Waals surface area (Å²) in [5.41, 5.74) is 3.72. The van der Waals surface area contributed by atoms with E-state index in [1.807, 2.05) is 55.6 Å². The molecule has 1 N–H and O–H groups in total. The zero-order chi connectivity index (χ0) is 19.0. The summed E-state index contributed by atoms with van der Waals surface area (Å²) >= 11 is 14.0. The summed E-state index contributed by atoms with van der Waals surface area (Å²) < 4.78 is 0.749. The Bertz CT molecular complexity index is 987. The highest BCUT2D eigenvalue weighted by Crippen LogP contribution is 2.47. The number of benzene rings is 1. The molecule has 0 aliphatic carbocycles. The fourth-order valence-electron chi connectivity index (χ4n) is 3.67. The Morgan fingerprint density at radius 3 is 2.70 bits per heavy atom. The molecule has 27 heavy (non-hydrogen) atoms. The summed E-state index contributed by atoms with van der Waals surface area (Å²) in [6.45, 7) is 0.769. The van der Waals surface area contributed by atoms with Gasteiger partial charge in [0.25, 0.3) is 0 Å². The smallest absolute Gasteiger partial charge is 0.105 e. The van der Waals surface area contributed by atoms with Crippen LogP contribution in [-0.2, 0) is 0 Å². The molecular formula is C21H18Cl2N2OS. The van der Waals surface area contributed by atoms with Gasteiger partial charge in [0, 0.05) is 53.1 Å². The Balaban J connectivity index is 1.89. The monoisotopic (exact) mass is 416 g/mol. The first kappa shape index (κ1) is 18.5. The van der Waals surface area contributed by atoms with Crippen molar-refractivity contribution in [2.45, 2.75) is 12.0 Å². The van der Waals surface area contributed by atoms with E-state index in [2.05, 4.69) is 9.88 Å². The maximum absolute atomic E-state index is 11.3. The lowest BCUT2D eigenvalue weighted by molar-refractivity contribution is 0.210. The van der Waals surface area contributed by atoms with Crippen LogP contribution in [0.2, 0.25) is 9.36 Å². The first-order valence-electron chi connectivity index (χ1n) is 8.59. The largest absolute Gasteiger partial charge is 0.384 e. The SMILES string of the molecule is CN1CC(c2ccc(Cl)s2)C(C(O)c2cccnc2)=C1c1cccc(Cl)c1. The Kier molecular flexibility index (Phi) is 5.24. The maximum Gasteiger partial charge on any atom is 0.105 e. The molecule has 6 heteroatoms. The molecule has 4 rings (SSSR count). The van der Waals surface area contributed by atoms with Gasteiger partial charge in [-0.2, -0.15) is 0 Å². The van der Waals surface area contributed by atoms with Crippen molar-refractivity contribution in [2.75, 3.05) is 13.6 Å². The summed E-state index contributed by atoms with van der Waals surface area (Å²) in [5, 5.41) is 12.0. The molecule has 2 unspecified atom stereocenters. The predicted octanol–water partition coefficient (Wildman–Crippen LogP) is 5.62. The summed E-state index contributed by atoms with van der Waals surface area (Å²) in [5.74, 6) is 0.0525. The molecule has 3 aromatic rings. The topological polar surface area (TPSA) is 36.4 Å². The van der Waals surface area contributed by atoms with Crippen LogP contribution in [0, 0.1) is 0 Å². The maximum atomic E-state index is 11.3. The third-order valence-corrected chi connectivity index (χ3v) is 6.40. The molecule has 0 spiro atoms. The van der Waals surface area contributed by atoms with Gasteiger partial charge in [0.1, 0.15) is 6.10 Å². The van der Waals surface area contributed by atoms with Crippen molar-refractivity contribution < 1.29 is 5.11 Å². The van der Waals surface area contributed by atoms with Crippen LogP contribution in [0.25, 0.3) is 5.70 Å². The summed E-state index contributed by atoms with van der Waals surface area (Å²) in [6, 6.07) is 15.4. The lowest BCUT2D eigenvalue weighted by atomic mass is 9.89. The number of thiophene rings is 1. The Hall–Kier alpha value is -1.85. The molecule has 2 aromatic heterocycles. The second-order valence-corrected chi connectivity index (χ2v) is 8.76. The molecule has 2 atom stereocenters. The minimum atomic E-state index is -0.761. The summed E-state index contributed by atoms with van der Waals surface area (Å²) in [4.78, 5) is 7.49. The number of aliphatic hydroxyl groups is 1. The molecule has 3 heterocycles. The molecule has 0 bridgehead atoms. The van der Waals surface area contributed by atoms with E-state index >= 15 is 0 Å². The Morgan fingerprint density at radius 1 is 1.19 bits per heavy atom. The average molecular weight is 417 g/mol. The van der Waals surface area contributed by atoms with E-state index in [0.29, 0.717) is 5.02 Å². The van der Waals surface area contributed by atoms with E-state index in [-0.39, 0.29) is 5.92 Å². The van der Waals surface area contributed by atoms with Crippen molar-refractivity contribution in [3.63, 3.8) is 0 Å². The van der Waals surface area contributed by atoms with Gasteiger partial charge in [0.2, 0.25) is 0 Å². The molecule has 0 radical (unpaired) electrons. The van der Waals surface area contributed by atoms with Gasteiger partial charge in [-0.15, -0.1) is 11.3 Å². The number of pyridine rings is 1. The van der Waals surface area contributed by atoms with Crippen molar-refractivity contribution in [3.05, 3.63) is 91.9 Å². The molecule has 0 saturated heterocycles. The van der Waals surface area contributed by atoms with Gasteiger partial charge < -0.3 is 10.0 Å². The fraction of sp³-hybridized carbons (Fsp3) is 0.190. The average Bonchev–Trinajstić information content (AvgIpc) is 3.25. The van der Waals surface area contributed by atoms with Gasteiger partial charge in [0.05, 0.1) is 4.34 Å². The summed E-state index contributed by atoms with van der Waals surface area (Å²) in [7, 11) is 2.04. The van der Waals surface area contributed by atoms with Crippen LogP contribution in [0.3, 0.4) is 0 Å². The number of halogens is 2. The highest BCUT2D eigenvalue weighted by atomic mass is 35.5. The second kappa shape index (κ2) is 7.64. The van der Waals surface area contributed by atoms with Crippen molar-refractivity contribution in [3.8, 4) is 0 Å². The van der Waals surface area contributed by atoms with E-state index in [4.69, 9.17) is 23.2 Å². The molecule has 3 nitrogen and oxygen atoms in total. The zero-order valence-corrected chi connectivity index (χ0v) is 17.0. The van der Waals surface area contributed by atoms with Crippen LogP contribution in [0.15, 0.2) is 66.5 Å². The third kappa shape index (κ3) is 3.63. The quantitative estimate of drug-likeness (QED) is 0.598. The highest BCUT2D eigenvalue weighted by molar-refractivity contribution is 7.16. The van der Waals surface area contributed by atoms with Gasteiger partial charge >= 0.3 is 0 Å². The molecular weight excluding hydrogens is 399 g/mol. The highest BCUT2D eigenvalue weighted by Gasteiger charge is 2.36. The van der Waals surface area contributed by atoms with E-state index in [1.165, 1.54) is 0 Å². The van der Waals surface area contributed by atoms with Crippen LogP contribution in [0.4, 0.5) is 0 Å². The van der Waals surface area contributed by atoms with Crippen LogP contribution in [-0.4, -0.2) is 28.6 Å². The lowest BCUT2D eigenvalue weighted by Gasteiger charge is -2.20. The number of rotatable bonds is 4. The van der Waals surface area contributed by atoms with Crippen molar-refractivity contribution in [1.29, 1.82) is 0 Å². The first-order chi connectivity index (χ1) is 13.0. The molecule has 0 saturated carbocycles. The number of nitrogens with zero attached hydrogens (tertiary/aromatic N) is 2.